The smallest absolute Gasteiger partial charge is 0.336 e. The van der Waals surface area contributed by atoms with Gasteiger partial charge in [0.2, 0.25) is 5.91 Å². The number of hydrogen-bond donors (Lipinski definition) is 4. The number of aromatic nitrogens is 1. The number of amides is 2. The number of hydrogen-bond acceptors (Lipinski definition) is 7. The second-order valence-corrected chi connectivity index (χ2v) is 12.3. The molecule has 0 aliphatic carbocycles. The summed E-state index contributed by atoms with van der Waals surface area (Å²) < 4.78 is 0. The minimum atomic E-state index is -1.44. The molecule has 4 aromatic carbocycles. The van der Waals surface area contributed by atoms with Crippen LogP contribution in [0.5, 0.6) is 0 Å². The molecular formula is C32H21Cl2N3O6S2. The van der Waals surface area contributed by atoms with Gasteiger partial charge >= 0.3 is 11.9 Å². The Morgan fingerprint density at radius 1 is 0.800 bits per heavy atom. The van der Waals surface area contributed by atoms with Gasteiger partial charge in [-0.05, 0) is 60.2 Å². The molecule has 5 aromatic rings. The van der Waals surface area contributed by atoms with Gasteiger partial charge in [0.1, 0.15) is 5.25 Å². The highest BCUT2D eigenvalue weighted by molar-refractivity contribution is 8.00. The second kappa shape index (κ2) is 14.0. The van der Waals surface area contributed by atoms with Crippen LogP contribution in [0.4, 0.5) is 10.8 Å². The van der Waals surface area contributed by atoms with Crippen molar-refractivity contribution < 1.29 is 29.4 Å². The molecule has 1 heterocycles. The Kier molecular flexibility index (Phi) is 9.84. The number of thiazole rings is 1. The van der Waals surface area contributed by atoms with Crippen LogP contribution in [0, 0.1) is 0 Å². The number of benzene rings is 4. The third kappa shape index (κ3) is 7.70. The summed E-state index contributed by atoms with van der Waals surface area (Å²) in [5.41, 5.74) is 1.45. The highest BCUT2D eigenvalue weighted by Crippen LogP contribution is 2.38. The monoisotopic (exact) mass is 677 g/mol. The van der Waals surface area contributed by atoms with E-state index in [9.17, 15) is 29.4 Å². The maximum atomic E-state index is 13.6. The normalized spacial score (nSPS) is 11.4. The molecule has 45 heavy (non-hydrogen) atoms. The third-order valence-electron chi connectivity index (χ3n) is 6.37. The van der Waals surface area contributed by atoms with Gasteiger partial charge in [-0.15, -0.1) is 23.1 Å². The topological polar surface area (TPSA) is 146 Å². The van der Waals surface area contributed by atoms with Crippen LogP contribution in [0.2, 0.25) is 10.0 Å². The highest BCUT2D eigenvalue weighted by atomic mass is 35.5. The fourth-order valence-electron chi connectivity index (χ4n) is 4.26. The molecule has 226 valence electrons. The summed E-state index contributed by atoms with van der Waals surface area (Å²) >= 11 is 14.8. The van der Waals surface area contributed by atoms with Crippen LogP contribution in [0.25, 0.3) is 11.3 Å². The van der Waals surface area contributed by atoms with Gasteiger partial charge in [-0.2, -0.15) is 0 Å². The predicted molar refractivity (Wildman–Crippen MR) is 176 cm³/mol. The summed E-state index contributed by atoms with van der Waals surface area (Å²) in [6.07, 6.45) is 0. The van der Waals surface area contributed by atoms with Crippen molar-refractivity contribution in [2.45, 2.75) is 10.1 Å². The quantitative estimate of drug-likeness (QED) is 0.108. The van der Waals surface area contributed by atoms with Gasteiger partial charge in [0, 0.05) is 26.5 Å². The van der Waals surface area contributed by atoms with E-state index in [1.807, 2.05) is 30.3 Å². The third-order valence-corrected chi connectivity index (χ3v) is 8.92. The lowest BCUT2D eigenvalue weighted by Crippen LogP contribution is -2.19. The molecule has 0 fully saturated rings. The Morgan fingerprint density at radius 3 is 2.29 bits per heavy atom. The van der Waals surface area contributed by atoms with Crippen molar-refractivity contribution in [1.82, 2.24) is 4.98 Å². The van der Waals surface area contributed by atoms with Crippen LogP contribution in [0.3, 0.4) is 0 Å². The Morgan fingerprint density at radius 2 is 1.58 bits per heavy atom. The first-order valence-corrected chi connectivity index (χ1v) is 15.6. The Balaban J connectivity index is 1.36. The van der Waals surface area contributed by atoms with Crippen LogP contribution in [0.1, 0.15) is 41.9 Å². The van der Waals surface area contributed by atoms with E-state index in [1.54, 1.807) is 47.8 Å². The lowest BCUT2D eigenvalue weighted by molar-refractivity contribution is -0.115. The molecule has 1 atom stereocenters. The van der Waals surface area contributed by atoms with E-state index in [1.165, 1.54) is 23.1 Å². The van der Waals surface area contributed by atoms with Crippen LogP contribution < -0.4 is 10.6 Å². The van der Waals surface area contributed by atoms with Crippen molar-refractivity contribution in [1.29, 1.82) is 0 Å². The fourth-order valence-corrected chi connectivity index (χ4v) is 6.56. The molecule has 1 unspecified atom stereocenters. The van der Waals surface area contributed by atoms with Crippen molar-refractivity contribution in [2.24, 2.45) is 0 Å². The summed E-state index contributed by atoms with van der Waals surface area (Å²) in [5.74, 6) is -3.81. The molecule has 0 aliphatic rings. The van der Waals surface area contributed by atoms with E-state index < -0.39 is 28.7 Å². The van der Waals surface area contributed by atoms with E-state index in [4.69, 9.17) is 23.2 Å². The van der Waals surface area contributed by atoms with Crippen molar-refractivity contribution >= 4 is 80.9 Å². The average molecular weight is 679 g/mol. The van der Waals surface area contributed by atoms with E-state index in [-0.39, 0.29) is 17.0 Å². The van der Waals surface area contributed by atoms with Gasteiger partial charge in [-0.1, -0.05) is 59.6 Å². The van der Waals surface area contributed by atoms with Gasteiger partial charge in [-0.3, -0.25) is 9.59 Å². The van der Waals surface area contributed by atoms with Crippen LogP contribution >= 0.6 is 46.3 Å². The molecule has 0 aliphatic heterocycles. The van der Waals surface area contributed by atoms with Gasteiger partial charge in [0.05, 0.1) is 27.4 Å². The molecule has 2 amide bonds. The maximum absolute atomic E-state index is 13.6. The van der Waals surface area contributed by atoms with Gasteiger partial charge in [0.25, 0.3) is 5.91 Å². The van der Waals surface area contributed by atoms with Gasteiger partial charge in [0.15, 0.2) is 5.13 Å². The molecule has 0 radical (unpaired) electrons. The summed E-state index contributed by atoms with van der Waals surface area (Å²) in [7, 11) is 0. The first kappa shape index (κ1) is 31.7. The number of aromatic carboxylic acids is 2. The number of carbonyl (C=O) groups excluding carboxylic acids is 2. The number of nitrogens with zero attached hydrogens (tertiary/aromatic N) is 1. The number of carboxylic acids is 2. The van der Waals surface area contributed by atoms with E-state index in [0.717, 1.165) is 23.8 Å². The number of halogens is 2. The number of thioether (sulfide) groups is 1. The van der Waals surface area contributed by atoms with Gasteiger partial charge < -0.3 is 20.8 Å². The summed E-state index contributed by atoms with van der Waals surface area (Å²) in [6, 6.07) is 24.2. The molecule has 5 rings (SSSR count). The van der Waals surface area contributed by atoms with Crippen molar-refractivity contribution in [3.05, 3.63) is 129 Å². The van der Waals surface area contributed by atoms with E-state index in [0.29, 0.717) is 37.0 Å². The maximum Gasteiger partial charge on any atom is 0.336 e. The Bertz CT molecular complexity index is 1930. The summed E-state index contributed by atoms with van der Waals surface area (Å²) in [6.45, 7) is 0. The molecular weight excluding hydrogens is 657 g/mol. The van der Waals surface area contributed by atoms with E-state index >= 15 is 0 Å². The molecule has 0 bridgehead atoms. The molecule has 0 saturated carbocycles. The molecule has 1 aromatic heterocycles. The number of nitrogens with one attached hydrogen (secondary N) is 2. The lowest BCUT2D eigenvalue weighted by Gasteiger charge is -2.17. The predicted octanol–water partition coefficient (Wildman–Crippen LogP) is 8.24. The molecule has 9 nitrogen and oxygen atoms in total. The highest BCUT2D eigenvalue weighted by Gasteiger charge is 2.24. The average Bonchev–Trinajstić information content (AvgIpc) is 3.47. The molecule has 0 spiro atoms. The lowest BCUT2D eigenvalue weighted by atomic mass is 10.0. The van der Waals surface area contributed by atoms with Crippen molar-refractivity contribution in [3.8, 4) is 11.3 Å². The second-order valence-electron chi connectivity index (χ2n) is 9.41. The Hall–Kier alpha value is -4.68. The van der Waals surface area contributed by atoms with Gasteiger partial charge in [-0.25, -0.2) is 14.6 Å². The molecule has 4 N–H and O–H groups in total. The number of carboxylic acid groups (broad SMARTS) is 2. The van der Waals surface area contributed by atoms with E-state index in [2.05, 4.69) is 15.6 Å². The SMILES string of the molecule is O=C(O)c1ccc(C(=O)Nc2cccc(SC(C(=O)Nc3nc(-c4ccc(Cl)cc4Cl)cs3)c3ccccc3)c2)c(C(=O)O)c1. The van der Waals surface area contributed by atoms with Crippen molar-refractivity contribution in [3.63, 3.8) is 0 Å². The molecule has 0 saturated heterocycles. The fraction of sp³-hybridized carbons (Fsp3) is 0.0312. The van der Waals surface area contributed by atoms with Crippen LogP contribution in [-0.2, 0) is 4.79 Å². The minimum Gasteiger partial charge on any atom is -0.478 e. The zero-order valence-electron chi connectivity index (χ0n) is 22.9. The summed E-state index contributed by atoms with van der Waals surface area (Å²) in [4.78, 5) is 54.8. The first-order chi connectivity index (χ1) is 21.6. The zero-order valence-corrected chi connectivity index (χ0v) is 26.0. The summed E-state index contributed by atoms with van der Waals surface area (Å²) in [5, 5.41) is 26.7. The van der Waals surface area contributed by atoms with Crippen LogP contribution in [0.15, 0.2) is 101 Å². The standard InChI is InChI=1S/C32H21Cl2N3O6S2/c33-19-10-12-23(25(34)14-19)26-16-44-32(36-26)37-29(39)27(17-5-2-1-3-6-17)45-21-8-4-7-20(15-21)35-28(38)22-11-9-18(30(40)41)13-24(22)31(42)43/h1-16,27H,(H,35,38)(H,40,41)(H,42,43)(H,36,37,39). The van der Waals surface area contributed by atoms with Crippen molar-refractivity contribution in [2.75, 3.05) is 10.6 Å². The minimum absolute atomic E-state index is 0.199. The van der Waals surface area contributed by atoms with Crippen LogP contribution in [-0.4, -0.2) is 39.0 Å². The zero-order chi connectivity index (χ0) is 32.1. The Labute approximate surface area is 274 Å². The molecule has 13 heteroatoms. The number of rotatable bonds is 10. The first-order valence-electron chi connectivity index (χ1n) is 13.0. The number of carbonyl (C=O) groups is 4. The largest absolute Gasteiger partial charge is 0.478 e. The number of anilines is 2.